The molecule has 2 atom stereocenters. The Balaban J connectivity index is 1.83. The summed E-state index contributed by atoms with van der Waals surface area (Å²) < 4.78 is 5.38. The largest absolute Gasteiger partial charge is 0.379 e. The molecular formula is C13H21N3O2S. The van der Waals surface area contributed by atoms with Crippen molar-refractivity contribution < 1.29 is 9.53 Å². The number of nitrogens with zero attached hydrogens (tertiary/aromatic N) is 1. The molecule has 1 aliphatic heterocycles. The minimum Gasteiger partial charge on any atom is -0.379 e. The molecule has 1 aliphatic rings. The van der Waals surface area contributed by atoms with Gasteiger partial charge < -0.3 is 15.4 Å². The molecule has 0 spiro atoms. The lowest BCUT2D eigenvalue weighted by atomic mass is 10.0. The van der Waals surface area contributed by atoms with E-state index >= 15 is 0 Å². The summed E-state index contributed by atoms with van der Waals surface area (Å²) >= 11 is 1.66. The maximum Gasteiger partial charge on any atom is 0.227 e. The molecule has 0 radical (unpaired) electrons. The van der Waals surface area contributed by atoms with Crippen LogP contribution in [-0.4, -0.2) is 36.7 Å². The fourth-order valence-electron chi connectivity index (χ4n) is 2.16. The third-order valence-corrected chi connectivity index (χ3v) is 4.39. The number of ether oxygens (including phenoxy) is 1. The van der Waals surface area contributed by atoms with Crippen LogP contribution in [0, 0.1) is 5.92 Å². The zero-order valence-electron chi connectivity index (χ0n) is 11.4. The summed E-state index contributed by atoms with van der Waals surface area (Å²) in [5, 5.41) is 7.21. The molecule has 5 nitrogen and oxygen atoms in total. The minimum atomic E-state index is -0.0921. The van der Waals surface area contributed by atoms with E-state index in [4.69, 9.17) is 4.74 Å². The van der Waals surface area contributed by atoms with Crippen molar-refractivity contribution in [2.75, 3.05) is 19.8 Å². The second-order valence-electron chi connectivity index (χ2n) is 4.60. The van der Waals surface area contributed by atoms with Crippen LogP contribution in [0.1, 0.15) is 23.7 Å². The van der Waals surface area contributed by atoms with Crippen LogP contribution in [-0.2, 0) is 22.5 Å². The molecule has 2 N–H and O–H groups in total. The Morgan fingerprint density at radius 3 is 3.05 bits per heavy atom. The van der Waals surface area contributed by atoms with Crippen LogP contribution in [0.2, 0.25) is 0 Å². The molecule has 1 fully saturated rings. The molecular weight excluding hydrogens is 262 g/mol. The Labute approximate surface area is 117 Å². The Morgan fingerprint density at radius 2 is 2.37 bits per heavy atom. The molecule has 2 rings (SSSR count). The predicted molar refractivity (Wildman–Crippen MR) is 75.1 cm³/mol. The van der Waals surface area contributed by atoms with Crippen LogP contribution in [0.25, 0.3) is 0 Å². The highest BCUT2D eigenvalue weighted by Crippen LogP contribution is 2.16. The summed E-state index contributed by atoms with van der Waals surface area (Å²) in [6.07, 6.45) is 2.87. The van der Waals surface area contributed by atoms with Crippen LogP contribution in [0.5, 0.6) is 0 Å². The minimum absolute atomic E-state index is 0.0525. The third kappa shape index (κ3) is 3.75. The second kappa shape index (κ2) is 6.98. The quantitative estimate of drug-likeness (QED) is 0.816. The van der Waals surface area contributed by atoms with Gasteiger partial charge in [0.25, 0.3) is 0 Å². The number of aryl methyl sites for hydroxylation is 1. The number of amides is 1. The van der Waals surface area contributed by atoms with Gasteiger partial charge in [0.1, 0.15) is 5.01 Å². The van der Waals surface area contributed by atoms with E-state index in [0.29, 0.717) is 19.8 Å². The molecule has 0 saturated carbocycles. The van der Waals surface area contributed by atoms with E-state index in [1.165, 1.54) is 4.88 Å². The molecule has 6 heteroatoms. The number of hydrogen-bond donors (Lipinski definition) is 2. The van der Waals surface area contributed by atoms with E-state index < -0.39 is 0 Å². The number of rotatable bonds is 6. The molecule has 0 aromatic carbocycles. The lowest BCUT2D eigenvalue weighted by Crippen LogP contribution is -2.43. The van der Waals surface area contributed by atoms with E-state index in [0.717, 1.165) is 18.0 Å². The average molecular weight is 283 g/mol. The fraction of sp³-hybridized carbons (Fsp3) is 0.692. The zero-order chi connectivity index (χ0) is 13.7. The van der Waals surface area contributed by atoms with Gasteiger partial charge in [0.2, 0.25) is 5.91 Å². The van der Waals surface area contributed by atoms with Gasteiger partial charge in [-0.3, -0.25) is 4.79 Å². The Bertz CT molecular complexity index is 422. The van der Waals surface area contributed by atoms with Gasteiger partial charge in [0, 0.05) is 17.1 Å². The predicted octanol–water partition coefficient (Wildman–Crippen LogP) is 0.946. The Morgan fingerprint density at radius 1 is 1.53 bits per heavy atom. The lowest BCUT2D eigenvalue weighted by molar-refractivity contribution is -0.125. The van der Waals surface area contributed by atoms with Crippen molar-refractivity contribution in [3.63, 3.8) is 0 Å². The zero-order valence-corrected chi connectivity index (χ0v) is 12.3. The first kappa shape index (κ1) is 14.4. The van der Waals surface area contributed by atoms with Gasteiger partial charge in [-0.15, -0.1) is 11.3 Å². The fourth-order valence-corrected chi connectivity index (χ4v) is 2.97. The molecule has 106 valence electrons. The number of aromatic nitrogens is 1. The standard InChI is InChI=1S/C13H21N3O2S/c1-3-9-5-15-12(19-9)6-16-13(17)10-7-18-8-11(10)14-4-2/h5,10-11,14H,3-4,6-8H2,1-2H3,(H,16,17). The van der Waals surface area contributed by atoms with Gasteiger partial charge in [0.15, 0.2) is 0 Å². The van der Waals surface area contributed by atoms with Gasteiger partial charge in [-0.25, -0.2) is 4.98 Å². The van der Waals surface area contributed by atoms with Crippen LogP contribution in [0.4, 0.5) is 0 Å². The number of likely N-dealkylation sites (N-methyl/N-ethyl adjacent to an activating group) is 1. The molecule has 19 heavy (non-hydrogen) atoms. The van der Waals surface area contributed by atoms with Crippen molar-refractivity contribution in [3.8, 4) is 0 Å². The van der Waals surface area contributed by atoms with Crippen molar-refractivity contribution in [1.29, 1.82) is 0 Å². The summed E-state index contributed by atoms with van der Waals surface area (Å²) in [6.45, 7) is 6.62. The first-order chi connectivity index (χ1) is 9.24. The molecule has 1 saturated heterocycles. The summed E-state index contributed by atoms with van der Waals surface area (Å²) in [5.74, 6) is -0.0396. The number of thiazole rings is 1. The first-order valence-electron chi connectivity index (χ1n) is 6.77. The number of hydrogen-bond acceptors (Lipinski definition) is 5. The van der Waals surface area contributed by atoms with Crippen LogP contribution >= 0.6 is 11.3 Å². The van der Waals surface area contributed by atoms with Crippen LogP contribution < -0.4 is 10.6 Å². The monoisotopic (exact) mass is 283 g/mol. The molecule has 1 amide bonds. The Kier molecular flexibility index (Phi) is 5.30. The van der Waals surface area contributed by atoms with Crippen molar-refractivity contribution in [2.45, 2.75) is 32.9 Å². The smallest absolute Gasteiger partial charge is 0.227 e. The lowest BCUT2D eigenvalue weighted by Gasteiger charge is -2.17. The average Bonchev–Trinajstić information content (AvgIpc) is 3.05. The van der Waals surface area contributed by atoms with Crippen LogP contribution in [0.3, 0.4) is 0 Å². The van der Waals surface area contributed by atoms with Gasteiger partial charge in [-0.1, -0.05) is 13.8 Å². The molecule has 2 heterocycles. The second-order valence-corrected chi connectivity index (χ2v) is 5.80. The van der Waals surface area contributed by atoms with Gasteiger partial charge in [0.05, 0.1) is 25.7 Å². The molecule has 0 bridgehead atoms. The van der Waals surface area contributed by atoms with Crippen molar-refractivity contribution >= 4 is 17.2 Å². The van der Waals surface area contributed by atoms with Gasteiger partial charge >= 0.3 is 0 Å². The number of nitrogens with one attached hydrogen (secondary N) is 2. The first-order valence-corrected chi connectivity index (χ1v) is 7.58. The van der Waals surface area contributed by atoms with E-state index in [-0.39, 0.29) is 17.9 Å². The van der Waals surface area contributed by atoms with Gasteiger partial charge in [-0.05, 0) is 13.0 Å². The van der Waals surface area contributed by atoms with E-state index in [1.807, 2.05) is 13.1 Å². The maximum absolute atomic E-state index is 12.1. The number of carbonyl (C=O) groups excluding carboxylic acids is 1. The highest BCUT2D eigenvalue weighted by molar-refractivity contribution is 7.11. The summed E-state index contributed by atoms with van der Waals surface area (Å²) in [5.41, 5.74) is 0. The SMILES string of the molecule is CCNC1COCC1C(=O)NCc1ncc(CC)s1. The number of carbonyl (C=O) groups is 1. The topological polar surface area (TPSA) is 63.2 Å². The summed E-state index contributed by atoms with van der Waals surface area (Å²) in [4.78, 5) is 17.7. The third-order valence-electron chi connectivity index (χ3n) is 3.25. The normalized spacial score (nSPS) is 22.6. The van der Waals surface area contributed by atoms with E-state index in [2.05, 4.69) is 22.5 Å². The summed E-state index contributed by atoms with van der Waals surface area (Å²) in [7, 11) is 0. The molecule has 0 aliphatic carbocycles. The van der Waals surface area contributed by atoms with Crippen molar-refractivity contribution in [3.05, 3.63) is 16.1 Å². The molecule has 2 unspecified atom stereocenters. The molecule has 1 aromatic rings. The Hall–Kier alpha value is -0.980. The van der Waals surface area contributed by atoms with Gasteiger partial charge in [-0.2, -0.15) is 0 Å². The van der Waals surface area contributed by atoms with E-state index in [9.17, 15) is 4.79 Å². The van der Waals surface area contributed by atoms with Crippen LogP contribution in [0.15, 0.2) is 6.20 Å². The highest BCUT2D eigenvalue weighted by atomic mass is 32.1. The maximum atomic E-state index is 12.1. The van der Waals surface area contributed by atoms with Crippen molar-refractivity contribution in [1.82, 2.24) is 15.6 Å². The molecule has 1 aromatic heterocycles. The van der Waals surface area contributed by atoms with E-state index in [1.54, 1.807) is 11.3 Å². The highest BCUT2D eigenvalue weighted by Gasteiger charge is 2.33. The van der Waals surface area contributed by atoms with Crippen molar-refractivity contribution in [2.24, 2.45) is 5.92 Å². The summed E-state index contributed by atoms with van der Waals surface area (Å²) in [6, 6.07) is 0.132.